The lowest BCUT2D eigenvalue weighted by Crippen LogP contribution is -2.29. The van der Waals surface area contributed by atoms with Crippen molar-refractivity contribution in [2.45, 2.75) is 45.8 Å². The van der Waals surface area contributed by atoms with E-state index in [4.69, 9.17) is 4.84 Å². The molecule has 0 atom stereocenters. The van der Waals surface area contributed by atoms with Gasteiger partial charge in [0.15, 0.2) is 0 Å². The number of fused-ring (bicyclic) bond motifs is 1. The van der Waals surface area contributed by atoms with Gasteiger partial charge in [-0.15, -0.1) is 0 Å². The van der Waals surface area contributed by atoms with Gasteiger partial charge in [-0.3, -0.25) is 4.84 Å². The molecule has 2 rings (SSSR count). The molecule has 0 aliphatic carbocycles. The summed E-state index contributed by atoms with van der Waals surface area (Å²) in [6.45, 7) is 7.94. The number of hydroxylamine groups is 1. The zero-order valence-electron chi connectivity index (χ0n) is 11.0. The molecule has 0 amide bonds. The minimum absolute atomic E-state index is 0.151. The topological polar surface area (TPSA) is 33.3 Å². The standard InChI is InChI=1S/C14H22N2O/c1-14(2,3)17-16-10-12-7-4-6-11-8-5-9-15-13(11)12/h4,6-7,15-16H,5,8-10H2,1-3H3. The Kier molecular flexibility index (Phi) is 3.69. The summed E-state index contributed by atoms with van der Waals surface area (Å²) in [6.07, 6.45) is 2.40. The smallest absolute Gasteiger partial charge is 0.0813 e. The minimum atomic E-state index is -0.151. The van der Waals surface area contributed by atoms with Crippen molar-refractivity contribution in [3.63, 3.8) is 0 Å². The summed E-state index contributed by atoms with van der Waals surface area (Å²) in [5.41, 5.74) is 6.90. The summed E-state index contributed by atoms with van der Waals surface area (Å²) in [5.74, 6) is 0. The molecule has 3 heteroatoms. The van der Waals surface area contributed by atoms with E-state index in [-0.39, 0.29) is 5.60 Å². The van der Waals surface area contributed by atoms with Crippen LogP contribution in [0.3, 0.4) is 0 Å². The molecule has 1 heterocycles. The van der Waals surface area contributed by atoms with Crippen LogP contribution in [0.2, 0.25) is 0 Å². The molecule has 0 aromatic heterocycles. The Morgan fingerprint density at radius 2 is 2.18 bits per heavy atom. The van der Waals surface area contributed by atoms with E-state index in [1.807, 2.05) is 20.8 Å². The Balaban J connectivity index is 2.01. The first kappa shape index (κ1) is 12.4. The van der Waals surface area contributed by atoms with Gasteiger partial charge in [0.05, 0.1) is 5.60 Å². The van der Waals surface area contributed by atoms with Gasteiger partial charge < -0.3 is 5.32 Å². The predicted molar refractivity (Wildman–Crippen MR) is 70.9 cm³/mol. The second-order valence-electron chi connectivity index (χ2n) is 5.52. The third kappa shape index (κ3) is 3.45. The Morgan fingerprint density at radius 3 is 2.94 bits per heavy atom. The van der Waals surface area contributed by atoms with Crippen molar-refractivity contribution in [1.29, 1.82) is 0 Å². The summed E-state index contributed by atoms with van der Waals surface area (Å²) >= 11 is 0. The lowest BCUT2D eigenvalue weighted by atomic mass is 9.99. The van der Waals surface area contributed by atoms with E-state index in [1.54, 1.807) is 0 Å². The van der Waals surface area contributed by atoms with Gasteiger partial charge >= 0.3 is 0 Å². The Bertz CT molecular complexity index is 382. The fourth-order valence-corrected chi connectivity index (χ4v) is 2.06. The van der Waals surface area contributed by atoms with E-state index in [9.17, 15) is 0 Å². The van der Waals surface area contributed by atoms with Crippen molar-refractivity contribution >= 4 is 5.69 Å². The van der Waals surface area contributed by atoms with Gasteiger partial charge in [-0.2, -0.15) is 5.48 Å². The van der Waals surface area contributed by atoms with E-state index in [0.29, 0.717) is 0 Å². The molecule has 0 bridgehead atoms. The molecule has 3 nitrogen and oxygen atoms in total. The van der Waals surface area contributed by atoms with E-state index >= 15 is 0 Å². The van der Waals surface area contributed by atoms with Gasteiger partial charge in [-0.25, -0.2) is 0 Å². The number of nitrogens with one attached hydrogen (secondary N) is 2. The average molecular weight is 234 g/mol. The van der Waals surface area contributed by atoms with E-state index in [1.165, 1.54) is 29.7 Å². The highest BCUT2D eigenvalue weighted by Gasteiger charge is 2.13. The molecule has 1 aromatic rings. The van der Waals surface area contributed by atoms with Gasteiger partial charge in [0.2, 0.25) is 0 Å². The monoisotopic (exact) mass is 234 g/mol. The third-order valence-corrected chi connectivity index (χ3v) is 2.80. The number of benzene rings is 1. The largest absolute Gasteiger partial charge is 0.385 e. The molecule has 0 saturated heterocycles. The quantitative estimate of drug-likeness (QED) is 0.789. The van der Waals surface area contributed by atoms with E-state index in [2.05, 4.69) is 29.0 Å². The second kappa shape index (κ2) is 5.07. The Labute approximate surface area is 104 Å². The van der Waals surface area contributed by atoms with Crippen LogP contribution in [-0.2, 0) is 17.8 Å². The van der Waals surface area contributed by atoms with Crippen LogP contribution in [0, 0.1) is 0 Å². The summed E-state index contributed by atoms with van der Waals surface area (Å²) in [7, 11) is 0. The summed E-state index contributed by atoms with van der Waals surface area (Å²) in [6, 6.07) is 6.48. The van der Waals surface area contributed by atoms with Crippen LogP contribution in [-0.4, -0.2) is 12.1 Å². The molecule has 0 unspecified atom stereocenters. The van der Waals surface area contributed by atoms with Gasteiger partial charge in [0, 0.05) is 18.8 Å². The highest BCUT2D eigenvalue weighted by atomic mass is 16.7. The van der Waals surface area contributed by atoms with Crippen LogP contribution < -0.4 is 10.8 Å². The molecular weight excluding hydrogens is 212 g/mol. The van der Waals surface area contributed by atoms with Gasteiger partial charge in [0.1, 0.15) is 0 Å². The number of rotatable bonds is 3. The lowest BCUT2D eigenvalue weighted by Gasteiger charge is -2.23. The van der Waals surface area contributed by atoms with E-state index < -0.39 is 0 Å². The molecule has 0 saturated carbocycles. The Morgan fingerprint density at radius 1 is 1.35 bits per heavy atom. The van der Waals surface area contributed by atoms with Crippen molar-refractivity contribution < 1.29 is 4.84 Å². The predicted octanol–water partition coefficient (Wildman–Crippen LogP) is 2.86. The van der Waals surface area contributed by atoms with Crippen molar-refractivity contribution in [2.24, 2.45) is 0 Å². The van der Waals surface area contributed by atoms with Crippen LogP contribution in [0.15, 0.2) is 18.2 Å². The van der Waals surface area contributed by atoms with Crippen LogP contribution in [0.25, 0.3) is 0 Å². The first-order valence-corrected chi connectivity index (χ1v) is 6.32. The lowest BCUT2D eigenvalue weighted by molar-refractivity contribution is -0.0757. The number of hydrogen-bond donors (Lipinski definition) is 2. The molecule has 0 radical (unpaired) electrons. The number of para-hydroxylation sites is 1. The summed E-state index contributed by atoms with van der Waals surface area (Å²) in [5, 5.41) is 3.48. The van der Waals surface area contributed by atoms with Gasteiger partial charge in [-0.05, 0) is 44.7 Å². The SMILES string of the molecule is CC(C)(C)ONCc1cccc2c1NCCC2. The highest BCUT2D eigenvalue weighted by Crippen LogP contribution is 2.25. The molecule has 94 valence electrons. The maximum Gasteiger partial charge on any atom is 0.0813 e. The highest BCUT2D eigenvalue weighted by molar-refractivity contribution is 5.59. The molecule has 1 aliphatic rings. The summed E-state index contributed by atoms with van der Waals surface area (Å²) < 4.78 is 0. The molecule has 1 aliphatic heterocycles. The van der Waals surface area contributed by atoms with Gasteiger partial charge in [-0.1, -0.05) is 18.2 Å². The maximum absolute atomic E-state index is 5.55. The zero-order chi connectivity index (χ0) is 12.3. The maximum atomic E-state index is 5.55. The Hall–Kier alpha value is -1.06. The van der Waals surface area contributed by atoms with Crippen LogP contribution in [0.4, 0.5) is 5.69 Å². The molecule has 1 aromatic carbocycles. The van der Waals surface area contributed by atoms with Crippen molar-refractivity contribution in [1.82, 2.24) is 5.48 Å². The first-order valence-electron chi connectivity index (χ1n) is 6.32. The average Bonchev–Trinajstić information content (AvgIpc) is 2.28. The molecule has 0 spiro atoms. The van der Waals surface area contributed by atoms with Crippen LogP contribution in [0.5, 0.6) is 0 Å². The summed E-state index contributed by atoms with van der Waals surface area (Å²) in [4.78, 5) is 5.55. The first-order chi connectivity index (χ1) is 8.06. The fourth-order valence-electron chi connectivity index (χ4n) is 2.06. The minimum Gasteiger partial charge on any atom is -0.385 e. The number of aryl methyl sites for hydroxylation is 1. The fraction of sp³-hybridized carbons (Fsp3) is 0.571. The van der Waals surface area contributed by atoms with Crippen molar-refractivity contribution in [3.05, 3.63) is 29.3 Å². The number of anilines is 1. The zero-order valence-corrected chi connectivity index (χ0v) is 11.0. The van der Waals surface area contributed by atoms with Gasteiger partial charge in [0.25, 0.3) is 0 Å². The van der Waals surface area contributed by atoms with Crippen LogP contribution in [0.1, 0.15) is 38.3 Å². The molecular formula is C14H22N2O. The molecule has 0 fully saturated rings. The number of hydrogen-bond acceptors (Lipinski definition) is 3. The normalized spacial score (nSPS) is 15.2. The molecule has 17 heavy (non-hydrogen) atoms. The van der Waals surface area contributed by atoms with Crippen molar-refractivity contribution in [2.75, 3.05) is 11.9 Å². The third-order valence-electron chi connectivity index (χ3n) is 2.80. The van der Waals surface area contributed by atoms with Crippen LogP contribution >= 0.6 is 0 Å². The van der Waals surface area contributed by atoms with Crippen molar-refractivity contribution in [3.8, 4) is 0 Å². The molecule has 2 N–H and O–H groups in total. The second-order valence-corrected chi connectivity index (χ2v) is 5.52. The van der Waals surface area contributed by atoms with E-state index in [0.717, 1.165) is 13.1 Å².